The standard InChI is InChI=1S/C20H20FN7/c1-2-16(15-10-28(26-25-15)17-6-4-3-5-14(17)21)27-9-13(12-7-8-12)18-19(22)23-11-24-20(18)27/h3-6,9-12,16H,2,7-8H2,1H3,(H2,22,23,24)/t16-/m0/s1. The summed E-state index contributed by atoms with van der Waals surface area (Å²) in [6.07, 6.45) is 8.51. The zero-order valence-corrected chi connectivity index (χ0v) is 15.5. The van der Waals surface area contributed by atoms with Crippen molar-refractivity contribution in [2.75, 3.05) is 5.73 Å². The fourth-order valence-corrected chi connectivity index (χ4v) is 3.81. The molecule has 142 valence electrons. The first kappa shape index (κ1) is 16.9. The third-order valence-corrected chi connectivity index (χ3v) is 5.36. The van der Waals surface area contributed by atoms with E-state index in [1.54, 1.807) is 24.4 Å². The monoisotopic (exact) mass is 377 g/mol. The summed E-state index contributed by atoms with van der Waals surface area (Å²) in [5, 5.41) is 9.42. The van der Waals surface area contributed by atoms with Crippen molar-refractivity contribution in [2.24, 2.45) is 0 Å². The zero-order chi connectivity index (χ0) is 19.3. The van der Waals surface area contributed by atoms with Crippen LogP contribution in [0.3, 0.4) is 0 Å². The number of aromatic nitrogens is 6. The predicted octanol–water partition coefficient (Wildman–Crippen LogP) is 3.61. The van der Waals surface area contributed by atoms with Crippen molar-refractivity contribution in [2.45, 2.75) is 38.1 Å². The van der Waals surface area contributed by atoms with Crippen molar-refractivity contribution in [3.05, 3.63) is 60.1 Å². The van der Waals surface area contributed by atoms with Gasteiger partial charge in [0.1, 0.15) is 35.0 Å². The predicted molar refractivity (Wildman–Crippen MR) is 104 cm³/mol. The number of benzene rings is 1. The van der Waals surface area contributed by atoms with Crippen molar-refractivity contribution in [3.8, 4) is 5.69 Å². The number of nitrogens with zero attached hydrogens (tertiary/aromatic N) is 6. The van der Waals surface area contributed by atoms with Crippen LogP contribution >= 0.6 is 0 Å². The Kier molecular flexibility index (Phi) is 3.85. The Morgan fingerprint density at radius 3 is 2.79 bits per heavy atom. The second kappa shape index (κ2) is 6.40. The minimum atomic E-state index is -0.338. The Bertz CT molecular complexity index is 1160. The smallest absolute Gasteiger partial charge is 0.148 e. The van der Waals surface area contributed by atoms with E-state index in [2.05, 4.69) is 38.0 Å². The highest BCUT2D eigenvalue weighted by atomic mass is 19.1. The lowest BCUT2D eigenvalue weighted by Crippen LogP contribution is -2.10. The number of nitrogen functional groups attached to an aromatic ring is 1. The van der Waals surface area contributed by atoms with Crippen LogP contribution in [-0.2, 0) is 0 Å². The second-order valence-corrected chi connectivity index (χ2v) is 7.19. The molecular weight excluding hydrogens is 357 g/mol. The molecule has 0 radical (unpaired) electrons. The molecule has 2 N–H and O–H groups in total. The summed E-state index contributed by atoms with van der Waals surface area (Å²) in [7, 11) is 0. The van der Waals surface area contributed by atoms with E-state index in [0.717, 1.165) is 36.0 Å². The average molecular weight is 377 g/mol. The van der Waals surface area contributed by atoms with Crippen LogP contribution in [-0.4, -0.2) is 29.5 Å². The van der Waals surface area contributed by atoms with Gasteiger partial charge in [-0.3, -0.25) is 0 Å². The van der Waals surface area contributed by atoms with E-state index in [1.807, 2.05) is 0 Å². The van der Waals surface area contributed by atoms with Crippen LogP contribution in [0.15, 0.2) is 43.0 Å². The molecule has 28 heavy (non-hydrogen) atoms. The number of nitrogens with two attached hydrogens (primary N) is 1. The van der Waals surface area contributed by atoms with E-state index in [9.17, 15) is 4.39 Å². The molecule has 1 aliphatic rings. The Balaban J connectivity index is 1.61. The van der Waals surface area contributed by atoms with Crippen LogP contribution < -0.4 is 5.73 Å². The van der Waals surface area contributed by atoms with Gasteiger partial charge in [0.05, 0.1) is 17.6 Å². The number of fused-ring (bicyclic) bond motifs is 1. The van der Waals surface area contributed by atoms with E-state index in [0.29, 0.717) is 17.4 Å². The summed E-state index contributed by atoms with van der Waals surface area (Å²) < 4.78 is 17.7. The maximum Gasteiger partial charge on any atom is 0.148 e. The molecule has 3 aromatic heterocycles. The Labute approximate surface area is 161 Å². The van der Waals surface area contributed by atoms with Gasteiger partial charge >= 0.3 is 0 Å². The highest BCUT2D eigenvalue weighted by Crippen LogP contribution is 2.45. The fraction of sp³-hybridized carbons (Fsp3) is 0.300. The second-order valence-electron chi connectivity index (χ2n) is 7.19. The lowest BCUT2D eigenvalue weighted by molar-refractivity contribution is 0.563. The van der Waals surface area contributed by atoms with Crippen molar-refractivity contribution in [3.63, 3.8) is 0 Å². The van der Waals surface area contributed by atoms with E-state index in [-0.39, 0.29) is 11.9 Å². The van der Waals surface area contributed by atoms with Gasteiger partial charge < -0.3 is 10.3 Å². The number of hydrogen-bond acceptors (Lipinski definition) is 5. The van der Waals surface area contributed by atoms with Crippen LogP contribution in [0, 0.1) is 5.82 Å². The molecule has 4 aromatic rings. The average Bonchev–Trinajstić information content (AvgIpc) is 3.31. The van der Waals surface area contributed by atoms with Crippen LogP contribution in [0.25, 0.3) is 16.7 Å². The highest BCUT2D eigenvalue weighted by molar-refractivity contribution is 5.90. The minimum Gasteiger partial charge on any atom is -0.383 e. The van der Waals surface area contributed by atoms with Crippen LogP contribution in [0.4, 0.5) is 10.2 Å². The molecular formula is C20H20FN7. The van der Waals surface area contributed by atoms with Crippen molar-refractivity contribution in [1.29, 1.82) is 0 Å². The normalized spacial score (nSPS) is 15.2. The SMILES string of the molecule is CC[C@@H](c1cn(-c2ccccc2F)nn1)n1cc(C2CC2)c2c(N)ncnc21. The van der Waals surface area contributed by atoms with Gasteiger partial charge in [0.2, 0.25) is 0 Å². The number of hydrogen-bond donors (Lipinski definition) is 1. The first-order valence-electron chi connectivity index (χ1n) is 9.45. The van der Waals surface area contributed by atoms with E-state index >= 15 is 0 Å². The largest absolute Gasteiger partial charge is 0.383 e. The molecule has 1 aliphatic carbocycles. The molecule has 5 rings (SSSR count). The topological polar surface area (TPSA) is 87.4 Å². The number of anilines is 1. The minimum absolute atomic E-state index is 0.0789. The summed E-state index contributed by atoms with van der Waals surface area (Å²) in [5.74, 6) is 0.689. The third kappa shape index (κ3) is 2.64. The first-order valence-corrected chi connectivity index (χ1v) is 9.45. The number of rotatable bonds is 5. The van der Waals surface area contributed by atoms with Gasteiger partial charge in [-0.15, -0.1) is 5.10 Å². The Hall–Kier alpha value is -3.29. The van der Waals surface area contributed by atoms with Gasteiger partial charge in [0.15, 0.2) is 0 Å². The molecule has 8 heteroatoms. The molecule has 3 heterocycles. The van der Waals surface area contributed by atoms with Crippen LogP contribution in [0.1, 0.15) is 49.4 Å². The summed E-state index contributed by atoms with van der Waals surface area (Å²) in [6.45, 7) is 2.08. The van der Waals surface area contributed by atoms with Gasteiger partial charge in [-0.1, -0.05) is 24.3 Å². The summed E-state index contributed by atoms with van der Waals surface area (Å²) >= 11 is 0. The molecule has 0 spiro atoms. The lowest BCUT2D eigenvalue weighted by Gasteiger charge is -2.15. The van der Waals surface area contributed by atoms with E-state index in [4.69, 9.17) is 5.73 Å². The maximum absolute atomic E-state index is 14.1. The molecule has 1 aromatic carbocycles. The van der Waals surface area contributed by atoms with Crippen molar-refractivity contribution >= 4 is 16.9 Å². The van der Waals surface area contributed by atoms with Gasteiger partial charge in [0, 0.05) is 6.20 Å². The van der Waals surface area contributed by atoms with Gasteiger partial charge in [-0.05, 0) is 42.9 Å². The fourth-order valence-electron chi connectivity index (χ4n) is 3.81. The number of para-hydroxylation sites is 1. The van der Waals surface area contributed by atoms with Gasteiger partial charge in [0.25, 0.3) is 0 Å². The molecule has 0 aliphatic heterocycles. The molecule has 0 bridgehead atoms. The van der Waals surface area contributed by atoms with Gasteiger partial charge in [-0.2, -0.15) is 0 Å². The third-order valence-electron chi connectivity index (χ3n) is 5.36. The maximum atomic E-state index is 14.1. The summed E-state index contributed by atoms with van der Waals surface area (Å²) in [6, 6.07) is 6.44. The molecule has 1 atom stereocenters. The van der Waals surface area contributed by atoms with E-state index in [1.165, 1.54) is 22.6 Å². The Morgan fingerprint density at radius 2 is 2.04 bits per heavy atom. The molecule has 0 amide bonds. The molecule has 1 fully saturated rings. The first-order chi connectivity index (χ1) is 13.7. The molecule has 1 saturated carbocycles. The van der Waals surface area contributed by atoms with Crippen LogP contribution in [0.2, 0.25) is 0 Å². The summed E-state index contributed by atoms with van der Waals surface area (Å²) in [4.78, 5) is 8.69. The molecule has 7 nitrogen and oxygen atoms in total. The van der Waals surface area contributed by atoms with Crippen molar-refractivity contribution < 1.29 is 4.39 Å². The number of halogens is 1. The summed E-state index contributed by atoms with van der Waals surface area (Å²) in [5.41, 5.74) is 9.31. The zero-order valence-electron chi connectivity index (χ0n) is 15.5. The van der Waals surface area contributed by atoms with E-state index < -0.39 is 0 Å². The quantitative estimate of drug-likeness (QED) is 0.574. The Morgan fingerprint density at radius 1 is 1.21 bits per heavy atom. The molecule has 0 unspecified atom stereocenters. The van der Waals surface area contributed by atoms with Gasteiger partial charge in [-0.25, -0.2) is 19.0 Å². The highest BCUT2D eigenvalue weighted by Gasteiger charge is 2.31. The van der Waals surface area contributed by atoms with Crippen molar-refractivity contribution in [1.82, 2.24) is 29.5 Å². The van der Waals surface area contributed by atoms with Crippen LogP contribution in [0.5, 0.6) is 0 Å². The lowest BCUT2D eigenvalue weighted by atomic mass is 10.1. The molecule has 0 saturated heterocycles.